The zero-order chi connectivity index (χ0) is 9.72. The van der Waals surface area contributed by atoms with Crippen LogP contribution in [0.1, 0.15) is 6.42 Å². The van der Waals surface area contributed by atoms with Crippen LogP contribution in [0.3, 0.4) is 0 Å². The van der Waals surface area contributed by atoms with E-state index in [-0.39, 0.29) is 6.42 Å². The van der Waals surface area contributed by atoms with E-state index >= 15 is 0 Å². The zero-order valence-corrected chi connectivity index (χ0v) is 7.80. The van der Waals surface area contributed by atoms with Crippen molar-refractivity contribution in [2.24, 2.45) is 0 Å². The molecule has 0 aliphatic heterocycles. The highest BCUT2D eigenvalue weighted by atomic mass is 35.5. The topological polar surface area (TPSA) is 63.6 Å². The summed E-state index contributed by atoms with van der Waals surface area (Å²) in [5.41, 5.74) is 0. The molecule has 6 heteroatoms. The summed E-state index contributed by atoms with van der Waals surface area (Å²) in [4.78, 5) is 20.9. The Morgan fingerprint density at radius 1 is 1.42 bits per heavy atom. The summed E-state index contributed by atoms with van der Waals surface area (Å²) in [7, 11) is 1.17. The number of carboxylic acids is 1. The van der Waals surface area contributed by atoms with E-state index in [1.165, 1.54) is 7.11 Å². The van der Waals surface area contributed by atoms with Crippen molar-refractivity contribution >= 4 is 35.1 Å². The Morgan fingerprint density at radius 3 is 2.25 bits per heavy atom. The minimum Gasteiger partial charge on any atom is -0.480 e. The molecule has 0 saturated heterocycles. The highest BCUT2D eigenvalue weighted by Gasteiger charge is 2.24. The first-order valence-electron chi connectivity index (χ1n) is 3.07. The van der Waals surface area contributed by atoms with Gasteiger partial charge in [-0.15, -0.1) is 23.2 Å². The summed E-state index contributed by atoms with van der Waals surface area (Å²) in [6.45, 7) is 0. The summed E-state index contributed by atoms with van der Waals surface area (Å²) < 4.78 is 4.27. The van der Waals surface area contributed by atoms with Gasteiger partial charge in [0.2, 0.25) is 0 Å². The lowest BCUT2D eigenvalue weighted by Crippen LogP contribution is -2.24. The van der Waals surface area contributed by atoms with Crippen molar-refractivity contribution in [3.8, 4) is 0 Å². The molecule has 70 valence electrons. The Morgan fingerprint density at radius 2 is 1.92 bits per heavy atom. The summed E-state index contributed by atoms with van der Waals surface area (Å²) in [5.74, 6) is -1.88. The fraction of sp³-hybridized carbons (Fsp3) is 0.667. The minimum atomic E-state index is -1.20. The van der Waals surface area contributed by atoms with Crippen LogP contribution in [-0.4, -0.2) is 34.9 Å². The predicted octanol–water partition coefficient (Wildman–Crippen LogP) is 0.849. The second-order valence-corrected chi connectivity index (χ2v) is 3.09. The third kappa shape index (κ3) is 3.78. The number of carbonyl (C=O) groups is 2. The first kappa shape index (κ1) is 11.5. The molecule has 0 aromatic carbocycles. The van der Waals surface area contributed by atoms with Crippen LogP contribution in [0.5, 0.6) is 0 Å². The summed E-state index contributed by atoms with van der Waals surface area (Å²) in [6, 6.07) is 0. The van der Waals surface area contributed by atoms with Crippen molar-refractivity contribution in [3.63, 3.8) is 0 Å². The maximum atomic E-state index is 10.7. The van der Waals surface area contributed by atoms with E-state index in [1.54, 1.807) is 0 Å². The van der Waals surface area contributed by atoms with E-state index in [2.05, 4.69) is 4.74 Å². The smallest absolute Gasteiger partial charge is 0.323 e. The standard InChI is InChI=1S/C6H8Cl2O4/c1-12-6(11)4(8)2-3(7)5(9)10/h3-4H,2H2,1H3,(H,9,10). The number of alkyl halides is 2. The Balaban J connectivity index is 3.91. The van der Waals surface area contributed by atoms with Gasteiger partial charge in [-0.25, -0.2) is 0 Å². The van der Waals surface area contributed by atoms with Crippen LogP contribution in [0.15, 0.2) is 0 Å². The van der Waals surface area contributed by atoms with E-state index in [0.29, 0.717) is 0 Å². The summed E-state index contributed by atoms with van der Waals surface area (Å²) >= 11 is 10.8. The Bertz CT molecular complexity index is 182. The zero-order valence-electron chi connectivity index (χ0n) is 6.29. The number of halogens is 2. The van der Waals surface area contributed by atoms with Gasteiger partial charge in [-0.1, -0.05) is 0 Å². The van der Waals surface area contributed by atoms with Crippen LogP contribution in [0.4, 0.5) is 0 Å². The molecular formula is C6H8Cl2O4. The van der Waals surface area contributed by atoms with Crippen LogP contribution in [0.2, 0.25) is 0 Å². The molecule has 0 aliphatic carbocycles. The average Bonchev–Trinajstić information content (AvgIpc) is 2.02. The molecule has 1 N–H and O–H groups in total. The highest BCUT2D eigenvalue weighted by molar-refractivity contribution is 6.33. The maximum absolute atomic E-state index is 10.7. The van der Waals surface area contributed by atoms with Crippen LogP contribution < -0.4 is 0 Å². The molecule has 0 amide bonds. The lowest BCUT2D eigenvalue weighted by Gasteiger charge is -2.08. The van der Waals surface area contributed by atoms with Crippen molar-refractivity contribution in [2.45, 2.75) is 17.2 Å². The van der Waals surface area contributed by atoms with E-state index in [0.717, 1.165) is 0 Å². The lowest BCUT2D eigenvalue weighted by molar-refractivity contribution is -0.140. The molecule has 12 heavy (non-hydrogen) atoms. The fourth-order valence-electron chi connectivity index (χ4n) is 0.507. The van der Waals surface area contributed by atoms with Gasteiger partial charge in [0.25, 0.3) is 0 Å². The van der Waals surface area contributed by atoms with Gasteiger partial charge < -0.3 is 9.84 Å². The van der Waals surface area contributed by atoms with E-state index in [1.807, 2.05) is 0 Å². The molecule has 0 bridgehead atoms. The molecule has 0 aliphatic rings. The molecule has 0 saturated carbocycles. The van der Waals surface area contributed by atoms with Gasteiger partial charge in [-0.2, -0.15) is 0 Å². The van der Waals surface area contributed by atoms with Crippen LogP contribution >= 0.6 is 23.2 Å². The van der Waals surface area contributed by atoms with Gasteiger partial charge in [0, 0.05) is 6.42 Å². The lowest BCUT2D eigenvalue weighted by atomic mass is 10.2. The monoisotopic (exact) mass is 214 g/mol. The first-order chi connectivity index (χ1) is 5.49. The SMILES string of the molecule is COC(=O)C(Cl)CC(Cl)C(=O)O. The number of esters is 1. The van der Waals surface area contributed by atoms with Gasteiger partial charge >= 0.3 is 11.9 Å². The van der Waals surface area contributed by atoms with Crippen molar-refractivity contribution < 1.29 is 19.4 Å². The molecule has 0 heterocycles. The first-order valence-corrected chi connectivity index (χ1v) is 3.95. The molecule has 2 unspecified atom stereocenters. The van der Waals surface area contributed by atoms with E-state index < -0.39 is 22.7 Å². The van der Waals surface area contributed by atoms with Crippen LogP contribution in [0, 0.1) is 0 Å². The predicted molar refractivity (Wildman–Crippen MR) is 43.6 cm³/mol. The summed E-state index contributed by atoms with van der Waals surface area (Å²) in [6.07, 6.45) is -0.148. The van der Waals surface area contributed by atoms with Crippen molar-refractivity contribution in [1.29, 1.82) is 0 Å². The Hall–Kier alpha value is -0.480. The maximum Gasteiger partial charge on any atom is 0.323 e. The number of rotatable bonds is 4. The van der Waals surface area contributed by atoms with Gasteiger partial charge in [-0.05, 0) is 0 Å². The number of carbonyl (C=O) groups excluding carboxylic acids is 1. The molecular weight excluding hydrogens is 207 g/mol. The average molecular weight is 215 g/mol. The number of hydrogen-bond acceptors (Lipinski definition) is 3. The highest BCUT2D eigenvalue weighted by Crippen LogP contribution is 2.12. The Kier molecular flexibility index (Phi) is 5.01. The molecule has 0 spiro atoms. The third-order valence-electron chi connectivity index (χ3n) is 1.14. The number of carboxylic acid groups (broad SMARTS) is 1. The van der Waals surface area contributed by atoms with Gasteiger partial charge in [0.05, 0.1) is 7.11 Å². The van der Waals surface area contributed by atoms with Crippen LogP contribution in [-0.2, 0) is 14.3 Å². The van der Waals surface area contributed by atoms with Crippen LogP contribution in [0.25, 0.3) is 0 Å². The molecule has 2 atom stereocenters. The van der Waals surface area contributed by atoms with Crippen molar-refractivity contribution in [3.05, 3.63) is 0 Å². The molecule has 0 fully saturated rings. The number of hydrogen-bond donors (Lipinski definition) is 1. The number of aliphatic carboxylic acids is 1. The molecule has 0 rings (SSSR count). The van der Waals surface area contributed by atoms with Gasteiger partial charge in [0.1, 0.15) is 10.8 Å². The van der Waals surface area contributed by atoms with E-state index in [4.69, 9.17) is 28.3 Å². The Labute approximate surface area is 79.4 Å². The molecule has 0 radical (unpaired) electrons. The number of ether oxygens (including phenoxy) is 1. The van der Waals surface area contributed by atoms with Crippen molar-refractivity contribution in [2.75, 3.05) is 7.11 Å². The quantitative estimate of drug-likeness (QED) is 0.557. The van der Waals surface area contributed by atoms with E-state index in [9.17, 15) is 9.59 Å². The normalized spacial score (nSPS) is 14.9. The fourth-order valence-corrected chi connectivity index (χ4v) is 1.04. The third-order valence-corrected chi connectivity index (χ3v) is 1.86. The van der Waals surface area contributed by atoms with Gasteiger partial charge in [0.15, 0.2) is 0 Å². The second-order valence-electron chi connectivity index (χ2n) is 2.03. The minimum absolute atomic E-state index is 0.148. The summed E-state index contributed by atoms with van der Waals surface area (Å²) in [5, 5.41) is 6.18. The largest absolute Gasteiger partial charge is 0.480 e. The van der Waals surface area contributed by atoms with Crippen molar-refractivity contribution in [1.82, 2.24) is 0 Å². The molecule has 0 aromatic heterocycles. The van der Waals surface area contributed by atoms with Gasteiger partial charge in [-0.3, -0.25) is 9.59 Å². The molecule has 4 nitrogen and oxygen atoms in total. The number of methoxy groups -OCH3 is 1. The molecule has 0 aromatic rings. The second kappa shape index (κ2) is 5.22.